The first-order valence-electron chi connectivity index (χ1n) is 5.77. The van der Waals surface area contributed by atoms with Gasteiger partial charge in [0.15, 0.2) is 0 Å². The van der Waals surface area contributed by atoms with Crippen molar-refractivity contribution in [3.05, 3.63) is 0 Å². The van der Waals surface area contributed by atoms with Gasteiger partial charge in [0.2, 0.25) is 0 Å². The first-order valence-corrected chi connectivity index (χ1v) is 6.82. The lowest BCUT2D eigenvalue weighted by Crippen LogP contribution is -2.45. The van der Waals surface area contributed by atoms with Crippen LogP contribution in [-0.4, -0.2) is 49.9 Å². The standard InChI is InChI=1S/C11H21NO3S/c1-3-5-12-9-4-6-15-7-10(9)16-8-11(13)14-2/h9-10,12H,3-8H2,1-2H3. The smallest absolute Gasteiger partial charge is 0.315 e. The second-order valence-corrected chi connectivity index (χ2v) is 5.08. The lowest BCUT2D eigenvalue weighted by Gasteiger charge is -2.31. The second-order valence-electron chi connectivity index (χ2n) is 3.85. The average Bonchev–Trinajstić information content (AvgIpc) is 2.34. The van der Waals surface area contributed by atoms with Gasteiger partial charge in [-0.05, 0) is 19.4 Å². The van der Waals surface area contributed by atoms with Gasteiger partial charge >= 0.3 is 5.97 Å². The molecule has 0 radical (unpaired) electrons. The number of ether oxygens (including phenoxy) is 2. The molecule has 4 nitrogen and oxygen atoms in total. The lowest BCUT2D eigenvalue weighted by atomic mass is 10.1. The number of hydrogen-bond donors (Lipinski definition) is 1. The maximum atomic E-state index is 11.1. The zero-order chi connectivity index (χ0) is 11.8. The minimum Gasteiger partial charge on any atom is -0.468 e. The molecule has 2 atom stereocenters. The summed E-state index contributed by atoms with van der Waals surface area (Å²) in [5.41, 5.74) is 0. The van der Waals surface area contributed by atoms with Crippen LogP contribution in [0.3, 0.4) is 0 Å². The number of rotatable bonds is 6. The van der Waals surface area contributed by atoms with E-state index in [2.05, 4.69) is 17.0 Å². The maximum Gasteiger partial charge on any atom is 0.315 e. The van der Waals surface area contributed by atoms with Crippen molar-refractivity contribution in [1.29, 1.82) is 0 Å². The fourth-order valence-corrected chi connectivity index (χ4v) is 2.80. The van der Waals surface area contributed by atoms with Crippen molar-refractivity contribution < 1.29 is 14.3 Å². The van der Waals surface area contributed by atoms with E-state index in [1.54, 1.807) is 11.8 Å². The van der Waals surface area contributed by atoms with Crippen LogP contribution in [0.15, 0.2) is 0 Å². The number of carbonyl (C=O) groups excluding carboxylic acids is 1. The number of nitrogens with one attached hydrogen (secondary N) is 1. The van der Waals surface area contributed by atoms with E-state index in [-0.39, 0.29) is 5.97 Å². The van der Waals surface area contributed by atoms with E-state index in [1.165, 1.54) is 7.11 Å². The minimum atomic E-state index is -0.162. The quantitative estimate of drug-likeness (QED) is 0.711. The van der Waals surface area contributed by atoms with E-state index in [0.717, 1.165) is 32.6 Å². The van der Waals surface area contributed by atoms with Crippen molar-refractivity contribution in [2.75, 3.05) is 32.6 Å². The highest BCUT2D eigenvalue weighted by molar-refractivity contribution is 8.00. The summed E-state index contributed by atoms with van der Waals surface area (Å²) in [4.78, 5) is 11.1. The fourth-order valence-electron chi connectivity index (χ4n) is 1.67. The van der Waals surface area contributed by atoms with Crippen molar-refractivity contribution in [1.82, 2.24) is 5.32 Å². The number of esters is 1. The molecular formula is C11H21NO3S. The summed E-state index contributed by atoms with van der Waals surface area (Å²) in [6.45, 7) is 4.72. The highest BCUT2D eigenvalue weighted by Crippen LogP contribution is 2.21. The van der Waals surface area contributed by atoms with Crippen LogP contribution in [0.4, 0.5) is 0 Å². The summed E-state index contributed by atoms with van der Waals surface area (Å²) >= 11 is 1.63. The number of thioether (sulfide) groups is 1. The molecule has 5 heteroatoms. The zero-order valence-electron chi connectivity index (χ0n) is 10.0. The van der Waals surface area contributed by atoms with Gasteiger partial charge in [-0.25, -0.2) is 0 Å². The molecule has 2 unspecified atom stereocenters. The monoisotopic (exact) mass is 247 g/mol. The largest absolute Gasteiger partial charge is 0.468 e. The summed E-state index contributed by atoms with van der Waals surface area (Å²) in [5, 5.41) is 3.87. The summed E-state index contributed by atoms with van der Waals surface area (Å²) in [6, 6.07) is 0.461. The van der Waals surface area contributed by atoms with Gasteiger partial charge in [0.25, 0.3) is 0 Å². The van der Waals surface area contributed by atoms with Gasteiger partial charge in [0, 0.05) is 17.9 Å². The van der Waals surface area contributed by atoms with Gasteiger partial charge in [-0.2, -0.15) is 0 Å². The second kappa shape index (κ2) is 7.92. The van der Waals surface area contributed by atoms with Crippen LogP contribution in [0.1, 0.15) is 19.8 Å². The molecule has 1 heterocycles. The Kier molecular flexibility index (Phi) is 6.84. The molecule has 1 aliphatic heterocycles. The summed E-state index contributed by atoms with van der Waals surface area (Å²) in [5.74, 6) is 0.249. The molecule has 0 bridgehead atoms. The van der Waals surface area contributed by atoms with Gasteiger partial charge in [0.1, 0.15) is 0 Å². The Bertz CT molecular complexity index is 213. The average molecular weight is 247 g/mol. The van der Waals surface area contributed by atoms with Crippen molar-refractivity contribution in [2.45, 2.75) is 31.1 Å². The maximum absolute atomic E-state index is 11.1. The molecule has 1 aliphatic rings. The molecule has 0 spiro atoms. The van der Waals surface area contributed by atoms with E-state index in [9.17, 15) is 4.79 Å². The van der Waals surface area contributed by atoms with Crippen LogP contribution in [-0.2, 0) is 14.3 Å². The predicted molar refractivity (Wildman–Crippen MR) is 65.8 cm³/mol. The number of methoxy groups -OCH3 is 1. The molecule has 1 saturated heterocycles. The van der Waals surface area contributed by atoms with Crippen LogP contribution in [0.25, 0.3) is 0 Å². The van der Waals surface area contributed by atoms with Gasteiger partial charge in [-0.15, -0.1) is 11.8 Å². The number of carbonyl (C=O) groups is 1. The summed E-state index contributed by atoms with van der Waals surface area (Å²) in [6.07, 6.45) is 2.16. The van der Waals surface area contributed by atoms with Crippen LogP contribution >= 0.6 is 11.8 Å². The normalized spacial score (nSPS) is 25.4. The number of hydrogen-bond acceptors (Lipinski definition) is 5. The third kappa shape index (κ3) is 4.72. The Hall–Kier alpha value is -0.260. The Morgan fingerprint density at radius 1 is 1.62 bits per heavy atom. The van der Waals surface area contributed by atoms with Crippen LogP contribution in [0.2, 0.25) is 0 Å². The Balaban J connectivity index is 2.31. The molecule has 0 amide bonds. The Morgan fingerprint density at radius 2 is 2.44 bits per heavy atom. The first kappa shape index (κ1) is 13.8. The topological polar surface area (TPSA) is 47.6 Å². The summed E-state index contributed by atoms with van der Waals surface area (Å²) in [7, 11) is 1.42. The molecule has 94 valence electrons. The predicted octanol–water partition coefficient (Wildman–Crippen LogP) is 1.05. The molecule has 1 N–H and O–H groups in total. The Morgan fingerprint density at radius 3 is 3.12 bits per heavy atom. The molecule has 1 rings (SSSR count). The van der Waals surface area contributed by atoms with Gasteiger partial charge in [0.05, 0.1) is 19.5 Å². The fraction of sp³-hybridized carbons (Fsp3) is 0.909. The van der Waals surface area contributed by atoms with E-state index < -0.39 is 0 Å². The minimum absolute atomic E-state index is 0.162. The van der Waals surface area contributed by atoms with Crippen molar-refractivity contribution in [2.24, 2.45) is 0 Å². The summed E-state index contributed by atoms with van der Waals surface area (Å²) < 4.78 is 10.1. The van der Waals surface area contributed by atoms with E-state index in [4.69, 9.17) is 4.74 Å². The van der Waals surface area contributed by atoms with Crippen LogP contribution in [0, 0.1) is 0 Å². The van der Waals surface area contributed by atoms with Gasteiger partial charge in [-0.1, -0.05) is 6.92 Å². The van der Waals surface area contributed by atoms with E-state index >= 15 is 0 Å². The molecule has 16 heavy (non-hydrogen) atoms. The third-order valence-electron chi connectivity index (χ3n) is 2.60. The molecule has 0 aromatic carbocycles. The highest BCUT2D eigenvalue weighted by Gasteiger charge is 2.26. The lowest BCUT2D eigenvalue weighted by molar-refractivity contribution is -0.137. The van der Waals surface area contributed by atoms with Crippen molar-refractivity contribution in [3.8, 4) is 0 Å². The molecule has 0 aromatic heterocycles. The first-order chi connectivity index (χ1) is 7.77. The highest BCUT2D eigenvalue weighted by atomic mass is 32.2. The van der Waals surface area contributed by atoms with Crippen LogP contribution in [0.5, 0.6) is 0 Å². The van der Waals surface area contributed by atoms with Crippen molar-refractivity contribution in [3.63, 3.8) is 0 Å². The van der Waals surface area contributed by atoms with Crippen LogP contribution < -0.4 is 5.32 Å². The molecule has 1 fully saturated rings. The third-order valence-corrected chi connectivity index (χ3v) is 3.90. The van der Waals surface area contributed by atoms with Gasteiger partial charge < -0.3 is 14.8 Å². The molecule has 0 aliphatic carbocycles. The molecule has 0 saturated carbocycles. The van der Waals surface area contributed by atoms with Gasteiger partial charge in [-0.3, -0.25) is 4.79 Å². The van der Waals surface area contributed by atoms with E-state index in [0.29, 0.717) is 17.0 Å². The zero-order valence-corrected chi connectivity index (χ0v) is 10.8. The molecule has 0 aromatic rings. The van der Waals surface area contributed by atoms with E-state index in [1.807, 2.05) is 0 Å². The Labute approximate surface area is 101 Å². The van der Waals surface area contributed by atoms with Crippen molar-refractivity contribution >= 4 is 17.7 Å². The SMILES string of the molecule is CCCNC1CCOCC1SCC(=O)OC. The molecular weight excluding hydrogens is 226 g/mol.